The Balaban J connectivity index is 2.19. The summed E-state index contributed by atoms with van der Waals surface area (Å²) in [4.78, 5) is 7.67. The van der Waals surface area contributed by atoms with Gasteiger partial charge in [-0.05, 0) is 12.1 Å². The van der Waals surface area contributed by atoms with Gasteiger partial charge in [-0.2, -0.15) is 0 Å². The quantitative estimate of drug-likeness (QED) is 0.729. The number of hydrogen-bond donors (Lipinski definition) is 1. The zero-order chi connectivity index (χ0) is 9.80. The first-order valence-corrected chi connectivity index (χ1v) is 4.13. The van der Waals surface area contributed by atoms with Crippen molar-refractivity contribution >= 4 is 5.69 Å². The molecule has 0 fully saturated rings. The Kier molecular flexibility index (Phi) is 2.27. The molecule has 4 nitrogen and oxygen atoms in total. The van der Waals surface area contributed by atoms with Crippen molar-refractivity contribution in [3.8, 4) is 11.5 Å². The smallest absolute Gasteiger partial charge is 0.163 e. The molecule has 0 aliphatic rings. The molecule has 2 N–H and O–H groups in total. The fourth-order valence-corrected chi connectivity index (χ4v) is 1.05. The lowest BCUT2D eigenvalue weighted by Gasteiger charge is -2.04. The largest absolute Gasteiger partial charge is 0.454 e. The maximum absolute atomic E-state index is 5.60. The molecule has 0 saturated heterocycles. The van der Waals surface area contributed by atoms with Gasteiger partial charge in [0, 0.05) is 11.8 Å². The number of nitrogens with zero attached hydrogens (tertiary/aromatic N) is 2. The number of rotatable bonds is 2. The molecule has 0 radical (unpaired) electrons. The van der Waals surface area contributed by atoms with Crippen LogP contribution in [-0.4, -0.2) is 9.97 Å². The highest BCUT2D eigenvalue weighted by Crippen LogP contribution is 2.20. The summed E-state index contributed by atoms with van der Waals surface area (Å²) in [5.74, 6) is 1.28. The van der Waals surface area contributed by atoms with Crippen molar-refractivity contribution in [2.45, 2.75) is 0 Å². The van der Waals surface area contributed by atoms with Crippen molar-refractivity contribution in [2.75, 3.05) is 5.73 Å². The molecule has 0 saturated carbocycles. The molecule has 0 bridgehead atoms. The molecule has 1 aromatic heterocycles. The first kappa shape index (κ1) is 8.50. The zero-order valence-electron chi connectivity index (χ0n) is 7.42. The molecule has 0 unspecified atom stereocenters. The third-order valence-corrected chi connectivity index (χ3v) is 1.63. The normalized spacial score (nSPS) is 9.71. The van der Waals surface area contributed by atoms with Crippen molar-refractivity contribution in [3.63, 3.8) is 0 Å². The molecule has 0 atom stereocenters. The van der Waals surface area contributed by atoms with E-state index in [-0.39, 0.29) is 0 Å². The lowest BCUT2D eigenvalue weighted by Crippen LogP contribution is -1.88. The monoisotopic (exact) mass is 187 g/mol. The summed E-state index contributed by atoms with van der Waals surface area (Å²) in [6.07, 6.45) is 4.64. The number of nitrogen functional groups attached to an aromatic ring is 1. The van der Waals surface area contributed by atoms with Crippen LogP contribution < -0.4 is 10.5 Å². The van der Waals surface area contributed by atoms with Crippen LogP contribution in [0.2, 0.25) is 0 Å². The van der Waals surface area contributed by atoms with Crippen molar-refractivity contribution in [3.05, 3.63) is 43.0 Å². The minimum Gasteiger partial charge on any atom is -0.454 e. The summed E-state index contributed by atoms with van der Waals surface area (Å²) in [6, 6.07) is 7.19. The van der Waals surface area contributed by atoms with Gasteiger partial charge in [0.05, 0.1) is 12.4 Å². The van der Waals surface area contributed by atoms with Gasteiger partial charge < -0.3 is 10.5 Å². The van der Waals surface area contributed by atoms with Crippen molar-refractivity contribution in [1.82, 2.24) is 9.97 Å². The molecular formula is C10H9N3O. The zero-order valence-corrected chi connectivity index (χ0v) is 7.42. The third kappa shape index (κ3) is 1.98. The third-order valence-electron chi connectivity index (χ3n) is 1.63. The average Bonchev–Trinajstić information content (AvgIpc) is 2.19. The molecule has 0 aliphatic heterocycles. The van der Waals surface area contributed by atoms with Crippen molar-refractivity contribution in [2.24, 2.45) is 0 Å². The summed E-state index contributed by atoms with van der Waals surface area (Å²) in [7, 11) is 0. The van der Waals surface area contributed by atoms with E-state index in [1.807, 2.05) is 12.1 Å². The SMILES string of the molecule is Nc1cccc(Oc2cncnc2)c1. The van der Waals surface area contributed by atoms with E-state index in [1.54, 1.807) is 24.5 Å². The highest BCUT2D eigenvalue weighted by Gasteiger charge is 1.96. The summed E-state index contributed by atoms with van der Waals surface area (Å²) in [5, 5.41) is 0. The van der Waals surface area contributed by atoms with Crippen LogP contribution in [0.15, 0.2) is 43.0 Å². The molecule has 0 spiro atoms. The van der Waals surface area contributed by atoms with Crippen LogP contribution in [0.4, 0.5) is 5.69 Å². The Morgan fingerprint density at radius 1 is 1.07 bits per heavy atom. The second kappa shape index (κ2) is 3.74. The minimum absolute atomic E-state index is 0.595. The van der Waals surface area contributed by atoms with E-state index in [4.69, 9.17) is 10.5 Å². The van der Waals surface area contributed by atoms with Crippen LogP contribution in [-0.2, 0) is 0 Å². The fraction of sp³-hybridized carbons (Fsp3) is 0. The summed E-state index contributed by atoms with van der Waals surface area (Å²) in [6.45, 7) is 0. The molecule has 1 heterocycles. The summed E-state index contributed by atoms with van der Waals surface area (Å²) in [5.41, 5.74) is 6.27. The fourth-order valence-electron chi connectivity index (χ4n) is 1.05. The van der Waals surface area contributed by atoms with Gasteiger partial charge in [-0.15, -0.1) is 0 Å². The van der Waals surface area contributed by atoms with Crippen molar-refractivity contribution < 1.29 is 4.74 Å². The molecule has 2 rings (SSSR count). The van der Waals surface area contributed by atoms with Gasteiger partial charge in [-0.25, -0.2) is 9.97 Å². The van der Waals surface area contributed by atoms with Gasteiger partial charge >= 0.3 is 0 Å². The van der Waals surface area contributed by atoms with E-state index in [9.17, 15) is 0 Å². The Bertz CT molecular complexity index is 417. The number of hydrogen-bond acceptors (Lipinski definition) is 4. The minimum atomic E-state index is 0.595. The molecular weight excluding hydrogens is 178 g/mol. The van der Waals surface area contributed by atoms with Crippen LogP contribution >= 0.6 is 0 Å². The van der Waals surface area contributed by atoms with E-state index in [1.165, 1.54) is 6.33 Å². The molecule has 1 aromatic carbocycles. The van der Waals surface area contributed by atoms with Gasteiger partial charge in [0.1, 0.15) is 12.1 Å². The van der Waals surface area contributed by atoms with Crippen LogP contribution in [0, 0.1) is 0 Å². The molecule has 4 heteroatoms. The number of anilines is 1. The van der Waals surface area contributed by atoms with E-state index in [0.717, 1.165) is 0 Å². The van der Waals surface area contributed by atoms with E-state index < -0.39 is 0 Å². The van der Waals surface area contributed by atoms with Crippen LogP contribution in [0.25, 0.3) is 0 Å². The van der Waals surface area contributed by atoms with Crippen molar-refractivity contribution in [1.29, 1.82) is 0 Å². The maximum Gasteiger partial charge on any atom is 0.163 e. The summed E-state index contributed by atoms with van der Waals surface area (Å²) < 4.78 is 5.45. The first-order valence-electron chi connectivity index (χ1n) is 4.13. The predicted molar refractivity (Wildman–Crippen MR) is 53.0 cm³/mol. The van der Waals surface area contributed by atoms with Gasteiger partial charge in [0.2, 0.25) is 0 Å². The summed E-state index contributed by atoms with van der Waals surface area (Å²) >= 11 is 0. The second-order valence-corrected chi connectivity index (χ2v) is 2.75. The molecule has 0 amide bonds. The highest BCUT2D eigenvalue weighted by molar-refractivity contribution is 5.44. The first-order chi connectivity index (χ1) is 6.84. The maximum atomic E-state index is 5.60. The van der Waals surface area contributed by atoms with Gasteiger partial charge in [-0.1, -0.05) is 6.07 Å². The van der Waals surface area contributed by atoms with E-state index >= 15 is 0 Å². The average molecular weight is 187 g/mol. The Labute approximate surface area is 81.4 Å². The van der Waals surface area contributed by atoms with Gasteiger partial charge in [-0.3, -0.25) is 0 Å². The molecule has 70 valence electrons. The highest BCUT2D eigenvalue weighted by atomic mass is 16.5. The Hall–Kier alpha value is -2.10. The van der Waals surface area contributed by atoms with E-state index in [0.29, 0.717) is 17.2 Å². The second-order valence-electron chi connectivity index (χ2n) is 2.75. The van der Waals surface area contributed by atoms with Crippen LogP contribution in [0.1, 0.15) is 0 Å². The standard InChI is InChI=1S/C10H9N3O/c11-8-2-1-3-9(4-8)14-10-5-12-7-13-6-10/h1-7H,11H2. The number of nitrogens with two attached hydrogens (primary N) is 1. The lowest BCUT2D eigenvalue weighted by atomic mass is 10.3. The van der Waals surface area contributed by atoms with Crippen LogP contribution in [0.3, 0.4) is 0 Å². The number of ether oxygens (including phenoxy) is 1. The van der Waals surface area contributed by atoms with Crippen LogP contribution in [0.5, 0.6) is 11.5 Å². The molecule has 2 aromatic rings. The lowest BCUT2D eigenvalue weighted by molar-refractivity contribution is 0.477. The topological polar surface area (TPSA) is 61.0 Å². The Morgan fingerprint density at radius 3 is 2.57 bits per heavy atom. The predicted octanol–water partition coefficient (Wildman–Crippen LogP) is 1.85. The molecule has 14 heavy (non-hydrogen) atoms. The molecule has 0 aliphatic carbocycles. The number of benzene rings is 1. The van der Waals surface area contributed by atoms with E-state index in [2.05, 4.69) is 9.97 Å². The Morgan fingerprint density at radius 2 is 1.86 bits per heavy atom. The van der Waals surface area contributed by atoms with Gasteiger partial charge in [0.25, 0.3) is 0 Å². The number of aromatic nitrogens is 2. The van der Waals surface area contributed by atoms with Gasteiger partial charge in [0.15, 0.2) is 5.75 Å².